The number of nitrogens with zero attached hydrogens (tertiary/aromatic N) is 3. The highest BCUT2D eigenvalue weighted by Gasteiger charge is 2.20. The van der Waals surface area contributed by atoms with Crippen molar-refractivity contribution in [2.75, 3.05) is 0 Å². The fourth-order valence-corrected chi connectivity index (χ4v) is 3.65. The van der Waals surface area contributed by atoms with Gasteiger partial charge in [0.15, 0.2) is 0 Å². The van der Waals surface area contributed by atoms with E-state index in [0.717, 1.165) is 33.7 Å². The molecule has 0 unspecified atom stereocenters. The lowest BCUT2D eigenvalue weighted by Gasteiger charge is -2.18. The number of benzene rings is 2. The molecule has 0 radical (unpaired) electrons. The number of aromatic amines is 1. The van der Waals surface area contributed by atoms with Gasteiger partial charge in [0.1, 0.15) is 11.6 Å². The van der Waals surface area contributed by atoms with Gasteiger partial charge >= 0.3 is 0 Å². The second-order valence-corrected chi connectivity index (χ2v) is 7.41. The third-order valence-corrected chi connectivity index (χ3v) is 4.93. The molecule has 0 fully saturated rings. The van der Waals surface area contributed by atoms with Crippen LogP contribution in [0.25, 0.3) is 22.1 Å². The molecule has 4 rings (SSSR count). The number of rotatable bonds is 6. The Balaban J connectivity index is 1.45. The first-order valence-corrected chi connectivity index (χ1v) is 9.73. The van der Waals surface area contributed by atoms with E-state index in [1.165, 1.54) is 0 Å². The summed E-state index contributed by atoms with van der Waals surface area (Å²) in [5, 5.41) is 3.09. The Morgan fingerprint density at radius 3 is 2.50 bits per heavy atom. The molecule has 4 aromatic rings. The molecule has 2 heterocycles. The van der Waals surface area contributed by atoms with Crippen LogP contribution in [0.2, 0.25) is 0 Å². The van der Waals surface area contributed by atoms with Gasteiger partial charge in [0.05, 0.1) is 28.1 Å². The Bertz CT molecular complexity index is 1090. The molecule has 0 aliphatic rings. The molecule has 2 N–H and O–H groups in total. The highest BCUT2D eigenvalue weighted by atomic mass is 16.1. The molecular weight excluding hydrogens is 350 g/mol. The standard InChI is InChI=1S/C22H25N5O/c1-14(2)27-19-11-7-6-10-18(19)26-22(27)15(3)23-21(28)13-12-20-24-16-8-4-5-9-17(16)25-20/h4-11,14-15H,12-13H2,1-3H3,(H,23,28)(H,24,25)/t15-/m1/s1. The predicted octanol–water partition coefficient (Wildman–Crippen LogP) is 4.30. The lowest BCUT2D eigenvalue weighted by atomic mass is 10.2. The number of aromatic nitrogens is 4. The third kappa shape index (κ3) is 3.50. The molecule has 144 valence electrons. The number of carbonyl (C=O) groups excluding carboxylic acids is 1. The van der Waals surface area contributed by atoms with Crippen molar-refractivity contribution < 1.29 is 4.79 Å². The monoisotopic (exact) mass is 375 g/mol. The molecule has 28 heavy (non-hydrogen) atoms. The van der Waals surface area contributed by atoms with Gasteiger partial charge in [0, 0.05) is 18.9 Å². The van der Waals surface area contributed by atoms with Crippen molar-refractivity contribution in [3.63, 3.8) is 0 Å². The van der Waals surface area contributed by atoms with E-state index >= 15 is 0 Å². The molecule has 0 bridgehead atoms. The van der Waals surface area contributed by atoms with Gasteiger partial charge in [-0.3, -0.25) is 4.79 Å². The Labute approximate surface area is 164 Å². The zero-order valence-corrected chi connectivity index (χ0v) is 16.4. The average Bonchev–Trinajstić information content (AvgIpc) is 3.27. The van der Waals surface area contributed by atoms with Crippen LogP contribution in [0.5, 0.6) is 0 Å². The SMILES string of the molecule is CC(C)n1c([C@@H](C)NC(=O)CCc2nc3ccccc3[nH]2)nc2ccccc21. The fourth-order valence-electron chi connectivity index (χ4n) is 3.65. The highest BCUT2D eigenvalue weighted by molar-refractivity contribution is 5.79. The van der Waals surface area contributed by atoms with Crippen molar-refractivity contribution in [1.82, 2.24) is 24.8 Å². The van der Waals surface area contributed by atoms with Crippen molar-refractivity contribution in [3.8, 4) is 0 Å². The van der Waals surface area contributed by atoms with Crippen LogP contribution in [0.3, 0.4) is 0 Å². The first-order valence-electron chi connectivity index (χ1n) is 9.73. The quantitative estimate of drug-likeness (QED) is 0.527. The molecule has 2 aromatic carbocycles. The van der Waals surface area contributed by atoms with Crippen LogP contribution in [-0.2, 0) is 11.2 Å². The van der Waals surface area contributed by atoms with E-state index in [0.29, 0.717) is 12.8 Å². The van der Waals surface area contributed by atoms with Crippen LogP contribution >= 0.6 is 0 Å². The zero-order valence-electron chi connectivity index (χ0n) is 16.4. The predicted molar refractivity (Wildman–Crippen MR) is 111 cm³/mol. The lowest BCUT2D eigenvalue weighted by molar-refractivity contribution is -0.121. The molecule has 6 nitrogen and oxygen atoms in total. The normalized spacial score (nSPS) is 12.7. The summed E-state index contributed by atoms with van der Waals surface area (Å²) in [6, 6.07) is 16.1. The summed E-state index contributed by atoms with van der Waals surface area (Å²) in [5.41, 5.74) is 3.97. The van der Waals surface area contributed by atoms with Crippen LogP contribution in [0.4, 0.5) is 0 Å². The molecular formula is C22H25N5O. The van der Waals surface area contributed by atoms with Gasteiger partial charge in [-0.25, -0.2) is 9.97 Å². The second-order valence-electron chi connectivity index (χ2n) is 7.41. The molecule has 1 atom stereocenters. The molecule has 0 aliphatic carbocycles. The molecule has 0 aliphatic heterocycles. The minimum Gasteiger partial charge on any atom is -0.346 e. The molecule has 1 amide bonds. The first-order chi connectivity index (χ1) is 13.5. The van der Waals surface area contributed by atoms with Crippen LogP contribution in [0.1, 0.15) is 50.9 Å². The van der Waals surface area contributed by atoms with E-state index < -0.39 is 0 Å². The number of hydrogen-bond donors (Lipinski definition) is 2. The summed E-state index contributed by atoms with van der Waals surface area (Å²) in [7, 11) is 0. The van der Waals surface area contributed by atoms with Gasteiger partial charge in [0.2, 0.25) is 5.91 Å². The van der Waals surface area contributed by atoms with Crippen molar-refractivity contribution >= 4 is 28.0 Å². The first kappa shape index (κ1) is 18.2. The van der Waals surface area contributed by atoms with E-state index in [9.17, 15) is 4.79 Å². The number of fused-ring (bicyclic) bond motifs is 2. The summed E-state index contributed by atoms with van der Waals surface area (Å²) < 4.78 is 2.19. The van der Waals surface area contributed by atoms with E-state index in [4.69, 9.17) is 4.98 Å². The molecule has 2 aromatic heterocycles. The molecule has 0 saturated carbocycles. The Hall–Kier alpha value is -3.15. The Morgan fingerprint density at radius 2 is 1.75 bits per heavy atom. The van der Waals surface area contributed by atoms with Crippen LogP contribution in [0, 0.1) is 0 Å². The number of H-pyrrole nitrogens is 1. The Kier molecular flexibility index (Phi) is 4.86. The van der Waals surface area contributed by atoms with Gasteiger partial charge in [0.25, 0.3) is 0 Å². The maximum atomic E-state index is 12.5. The van der Waals surface area contributed by atoms with Crippen molar-refractivity contribution in [2.24, 2.45) is 0 Å². The van der Waals surface area contributed by atoms with Gasteiger partial charge in [-0.2, -0.15) is 0 Å². The largest absolute Gasteiger partial charge is 0.346 e. The maximum absolute atomic E-state index is 12.5. The number of hydrogen-bond acceptors (Lipinski definition) is 3. The number of nitrogens with one attached hydrogen (secondary N) is 2. The van der Waals surface area contributed by atoms with Gasteiger partial charge in [-0.05, 0) is 45.0 Å². The summed E-state index contributed by atoms with van der Waals surface area (Å²) >= 11 is 0. The maximum Gasteiger partial charge on any atom is 0.221 e. The average molecular weight is 375 g/mol. The van der Waals surface area contributed by atoms with Gasteiger partial charge < -0.3 is 14.9 Å². The summed E-state index contributed by atoms with van der Waals surface area (Å²) in [6.07, 6.45) is 0.958. The Morgan fingerprint density at radius 1 is 1.04 bits per heavy atom. The van der Waals surface area contributed by atoms with Crippen molar-refractivity contribution in [3.05, 3.63) is 60.2 Å². The topological polar surface area (TPSA) is 75.6 Å². The van der Waals surface area contributed by atoms with Crippen LogP contribution < -0.4 is 5.32 Å². The molecule has 0 spiro atoms. The van der Waals surface area contributed by atoms with Crippen molar-refractivity contribution in [1.29, 1.82) is 0 Å². The number of imidazole rings is 2. The van der Waals surface area contributed by atoms with E-state index in [-0.39, 0.29) is 18.0 Å². The molecule has 0 saturated heterocycles. The van der Waals surface area contributed by atoms with Crippen LogP contribution in [0.15, 0.2) is 48.5 Å². The van der Waals surface area contributed by atoms with Crippen molar-refractivity contribution in [2.45, 2.75) is 45.7 Å². The summed E-state index contributed by atoms with van der Waals surface area (Å²) in [5.74, 6) is 1.71. The highest BCUT2D eigenvalue weighted by Crippen LogP contribution is 2.25. The summed E-state index contributed by atoms with van der Waals surface area (Å²) in [4.78, 5) is 25.1. The fraction of sp³-hybridized carbons (Fsp3) is 0.318. The number of para-hydroxylation sites is 4. The minimum atomic E-state index is -0.169. The number of carbonyl (C=O) groups is 1. The third-order valence-electron chi connectivity index (χ3n) is 4.93. The smallest absolute Gasteiger partial charge is 0.221 e. The minimum absolute atomic E-state index is 0.00433. The van der Waals surface area contributed by atoms with E-state index in [2.05, 4.69) is 39.8 Å². The van der Waals surface area contributed by atoms with Crippen LogP contribution in [-0.4, -0.2) is 25.4 Å². The number of aryl methyl sites for hydroxylation is 1. The van der Waals surface area contributed by atoms with Gasteiger partial charge in [-0.1, -0.05) is 24.3 Å². The molecule has 6 heteroatoms. The summed E-state index contributed by atoms with van der Waals surface area (Å²) in [6.45, 7) is 6.25. The zero-order chi connectivity index (χ0) is 19.7. The van der Waals surface area contributed by atoms with E-state index in [1.54, 1.807) is 0 Å². The van der Waals surface area contributed by atoms with E-state index in [1.807, 2.05) is 49.4 Å². The second kappa shape index (κ2) is 7.46. The lowest BCUT2D eigenvalue weighted by Crippen LogP contribution is -2.29. The number of amides is 1. The van der Waals surface area contributed by atoms with Gasteiger partial charge in [-0.15, -0.1) is 0 Å².